The summed E-state index contributed by atoms with van der Waals surface area (Å²) in [4.78, 5) is 0. The average molecular weight is 337 g/mol. The van der Waals surface area contributed by atoms with Gasteiger partial charge < -0.3 is 5.32 Å². The van der Waals surface area contributed by atoms with Crippen LogP contribution in [0.1, 0.15) is 46.1 Å². The lowest BCUT2D eigenvalue weighted by Crippen LogP contribution is -2.31. The van der Waals surface area contributed by atoms with Gasteiger partial charge in [0.05, 0.1) is 12.6 Å². The Bertz CT molecular complexity index is 582. The van der Waals surface area contributed by atoms with E-state index in [1.54, 1.807) is 0 Å². The van der Waals surface area contributed by atoms with Crippen LogP contribution >= 0.6 is 0 Å². The highest BCUT2D eigenvalue weighted by Gasteiger charge is 2.17. The van der Waals surface area contributed by atoms with Crippen LogP contribution in [0, 0.1) is 11.6 Å². The molecule has 1 atom stereocenters. The number of rotatable bonds is 9. The van der Waals surface area contributed by atoms with Crippen molar-refractivity contribution in [1.82, 2.24) is 10.3 Å². The molecule has 0 saturated heterocycles. The largest absolute Gasteiger partial charge is 0.319 e. The Morgan fingerprint density at radius 2 is 2.08 bits per heavy atom. The van der Waals surface area contributed by atoms with E-state index in [-0.39, 0.29) is 6.04 Å². The zero-order chi connectivity index (χ0) is 18.1. The quantitative estimate of drug-likeness (QED) is 0.408. The van der Waals surface area contributed by atoms with E-state index in [4.69, 9.17) is 5.10 Å². The van der Waals surface area contributed by atoms with E-state index in [2.05, 4.69) is 12.2 Å². The molecular weight excluding hydrogens is 308 g/mol. The van der Waals surface area contributed by atoms with Crippen molar-refractivity contribution >= 4 is 5.71 Å². The summed E-state index contributed by atoms with van der Waals surface area (Å²) in [6.07, 6.45) is 3.72. The Kier molecular flexibility index (Phi) is 8.61. The topological polar surface area (TPSA) is 27.6 Å². The van der Waals surface area contributed by atoms with Gasteiger partial charge in [-0.2, -0.15) is 5.10 Å². The highest BCUT2D eigenvalue weighted by molar-refractivity contribution is 5.84. The molecule has 0 aliphatic rings. The highest BCUT2D eigenvalue weighted by Crippen LogP contribution is 2.18. The third-order valence-corrected chi connectivity index (χ3v) is 4.25. The van der Waals surface area contributed by atoms with Crippen molar-refractivity contribution < 1.29 is 8.78 Å². The maximum absolute atomic E-state index is 14.0. The number of nitrogens with zero attached hydrogens (tertiary/aromatic N) is 2. The van der Waals surface area contributed by atoms with Crippen molar-refractivity contribution in [3.8, 4) is 0 Å². The van der Waals surface area contributed by atoms with Crippen molar-refractivity contribution in [3.63, 3.8) is 0 Å². The predicted octanol–water partition coefficient (Wildman–Crippen LogP) is 4.50. The summed E-state index contributed by atoms with van der Waals surface area (Å²) < 4.78 is 27.2. The molecule has 1 aromatic rings. The minimum Gasteiger partial charge on any atom is -0.319 e. The molecule has 0 aliphatic carbocycles. The van der Waals surface area contributed by atoms with Crippen LogP contribution in [0.2, 0.25) is 0 Å². The van der Waals surface area contributed by atoms with Gasteiger partial charge in [-0.15, -0.1) is 0 Å². The van der Waals surface area contributed by atoms with Crippen LogP contribution in [0.3, 0.4) is 0 Å². The van der Waals surface area contributed by atoms with E-state index in [9.17, 15) is 8.78 Å². The first-order valence-corrected chi connectivity index (χ1v) is 8.47. The van der Waals surface area contributed by atoms with Gasteiger partial charge >= 0.3 is 0 Å². The Morgan fingerprint density at radius 3 is 2.62 bits per heavy atom. The summed E-state index contributed by atoms with van der Waals surface area (Å²) in [5.74, 6) is -1.10. The fourth-order valence-corrected chi connectivity index (χ4v) is 2.31. The minimum absolute atomic E-state index is 0.0376. The predicted molar refractivity (Wildman–Crippen MR) is 97.1 cm³/mol. The molecule has 0 saturated carbocycles. The van der Waals surface area contributed by atoms with E-state index < -0.39 is 11.6 Å². The fraction of sp³-hybridized carbons (Fsp3) is 0.526. The van der Waals surface area contributed by atoms with Crippen LogP contribution in [0.15, 0.2) is 34.9 Å². The standard InChI is InChI=1S/C19H29F2N3/c1-6-14(3)15(4)24(23-18(7-2)10-11-22-5)13-16-8-9-17(20)12-19(16)21/h6,8-9,12,15,22H,7,10-11,13H2,1-5H3/b14-6+,23-18+. The monoisotopic (exact) mass is 337 g/mol. The number of hydrazone groups is 1. The van der Waals surface area contributed by atoms with E-state index in [1.165, 1.54) is 12.1 Å². The van der Waals surface area contributed by atoms with E-state index in [1.807, 2.05) is 38.9 Å². The van der Waals surface area contributed by atoms with Crippen molar-refractivity contribution in [1.29, 1.82) is 0 Å². The number of hydrogen-bond acceptors (Lipinski definition) is 3. The van der Waals surface area contributed by atoms with Crippen molar-refractivity contribution in [2.45, 2.75) is 53.1 Å². The summed E-state index contributed by atoms with van der Waals surface area (Å²) >= 11 is 0. The highest BCUT2D eigenvalue weighted by atomic mass is 19.1. The summed E-state index contributed by atoms with van der Waals surface area (Å²) in [5.41, 5.74) is 2.66. The van der Waals surface area contributed by atoms with Crippen LogP contribution in [0.4, 0.5) is 8.78 Å². The molecule has 1 N–H and O–H groups in total. The van der Waals surface area contributed by atoms with Gasteiger partial charge in [-0.1, -0.05) is 24.6 Å². The summed E-state index contributed by atoms with van der Waals surface area (Å²) in [6.45, 7) is 9.29. The zero-order valence-electron chi connectivity index (χ0n) is 15.4. The molecule has 1 unspecified atom stereocenters. The maximum atomic E-state index is 14.0. The molecule has 1 aromatic carbocycles. The molecule has 3 nitrogen and oxygen atoms in total. The summed E-state index contributed by atoms with van der Waals surface area (Å²) in [7, 11) is 1.91. The number of benzene rings is 1. The van der Waals surface area contributed by atoms with Crippen molar-refractivity contribution in [2.75, 3.05) is 13.6 Å². The second-order valence-electron chi connectivity index (χ2n) is 5.92. The number of hydrogen-bond donors (Lipinski definition) is 1. The molecule has 0 aliphatic heterocycles. The second-order valence-corrected chi connectivity index (χ2v) is 5.92. The van der Waals surface area contributed by atoms with Crippen molar-refractivity contribution in [3.05, 3.63) is 47.0 Å². The van der Waals surface area contributed by atoms with Crippen LogP contribution in [0.25, 0.3) is 0 Å². The van der Waals surface area contributed by atoms with E-state index >= 15 is 0 Å². The van der Waals surface area contributed by atoms with E-state index in [0.29, 0.717) is 12.1 Å². The number of nitrogens with one attached hydrogen (secondary N) is 1. The molecule has 0 amide bonds. The normalized spacial score (nSPS) is 14.0. The molecule has 1 rings (SSSR count). The van der Waals surface area contributed by atoms with Gasteiger partial charge in [0.25, 0.3) is 0 Å². The van der Waals surface area contributed by atoms with Crippen LogP contribution in [0.5, 0.6) is 0 Å². The van der Waals surface area contributed by atoms with E-state index in [0.717, 1.165) is 36.7 Å². The van der Waals surface area contributed by atoms with Crippen LogP contribution < -0.4 is 5.32 Å². The first kappa shape index (κ1) is 20.3. The third-order valence-electron chi connectivity index (χ3n) is 4.25. The maximum Gasteiger partial charge on any atom is 0.131 e. The molecular formula is C19H29F2N3. The average Bonchev–Trinajstić information content (AvgIpc) is 2.58. The molecule has 24 heavy (non-hydrogen) atoms. The van der Waals surface area contributed by atoms with Gasteiger partial charge in [-0.3, -0.25) is 5.01 Å². The summed E-state index contributed by atoms with van der Waals surface area (Å²) in [6, 6.07) is 3.74. The Balaban J connectivity index is 3.10. The molecule has 5 heteroatoms. The molecule has 0 heterocycles. The van der Waals surface area contributed by atoms with Crippen LogP contribution in [-0.4, -0.2) is 30.4 Å². The minimum atomic E-state index is -0.563. The van der Waals surface area contributed by atoms with Crippen molar-refractivity contribution in [2.24, 2.45) is 5.10 Å². The van der Waals surface area contributed by atoms with Gasteiger partial charge in [-0.05, 0) is 46.7 Å². The number of halogens is 2. The Hall–Kier alpha value is -1.75. The molecule has 0 radical (unpaired) electrons. The second kappa shape index (κ2) is 10.2. The lowest BCUT2D eigenvalue weighted by Gasteiger charge is -2.28. The molecule has 134 valence electrons. The summed E-state index contributed by atoms with van der Waals surface area (Å²) in [5, 5.41) is 9.78. The van der Waals surface area contributed by atoms with Gasteiger partial charge in [0, 0.05) is 23.9 Å². The van der Waals surface area contributed by atoms with Crippen LogP contribution in [-0.2, 0) is 6.54 Å². The smallest absolute Gasteiger partial charge is 0.131 e. The number of allylic oxidation sites excluding steroid dienone is 1. The molecule has 0 spiro atoms. The Labute approximate surface area is 144 Å². The Morgan fingerprint density at radius 1 is 1.38 bits per heavy atom. The first-order chi connectivity index (χ1) is 11.4. The lowest BCUT2D eigenvalue weighted by molar-refractivity contribution is 0.230. The SMILES string of the molecule is C/C=C(\C)C(C)N(Cc1ccc(F)cc1F)/N=C(\CC)CCNC. The molecule has 0 bridgehead atoms. The molecule has 0 aromatic heterocycles. The lowest BCUT2D eigenvalue weighted by atomic mass is 10.1. The van der Waals surface area contributed by atoms with Gasteiger partial charge in [0.2, 0.25) is 0 Å². The third kappa shape index (κ3) is 6.04. The zero-order valence-corrected chi connectivity index (χ0v) is 15.4. The molecule has 0 fully saturated rings. The van der Waals surface area contributed by atoms with Gasteiger partial charge in [0.15, 0.2) is 0 Å². The first-order valence-electron chi connectivity index (χ1n) is 8.47. The van der Waals surface area contributed by atoms with Gasteiger partial charge in [0.1, 0.15) is 11.6 Å². The van der Waals surface area contributed by atoms with Gasteiger partial charge in [-0.25, -0.2) is 8.78 Å². The fourth-order valence-electron chi connectivity index (χ4n) is 2.31.